The molecule has 0 amide bonds. The van der Waals surface area contributed by atoms with Crippen molar-refractivity contribution in [1.82, 2.24) is 0 Å². The summed E-state index contributed by atoms with van der Waals surface area (Å²) in [7, 11) is 4.11. The normalized spacial score (nSPS) is 23.2. The molecule has 0 spiro atoms. The average Bonchev–Trinajstić information content (AvgIpc) is 2.43. The Bertz CT molecular complexity index is 476. The Hall–Kier alpha value is -0.810. The number of ether oxygens (including phenoxy) is 1. The van der Waals surface area contributed by atoms with Gasteiger partial charge < -0.3 is 32.5 Å². The van der Waals surface area contributed by atoms with E-state index < -0.39 is 5.60 Å². The Morgan fingerprint density at radius 3 is 2.43 bits per heavy atom. The molecule has 3 N–H and O–H groups in total. The van der Waals surface area contributed by atoms with Gasteiger partial charge in [-0.3, -0.25) is 0 Å². The molecule has 132 valence electrons. The molecule has 2 rings (SSSR count). The fourth-order valence-electron chi connectivity index (χ4n) is 3.23. The van der Waals surface area contributed by atoms with Crippen LogP contribution >= 0.6 is 0 Å². The number of benzene rings is 1. The van der Waals surface area contributed by atoms with Crippen molar-refractivity contribution in [2.45, 2.75) is 50.9 Å². The van der Waals surface area contributed by atoms with Crippen molar-refractivity contribution in [3.63, 3.8) is 0 Å². The number of hydrogen-bond donors (Lipinski definition) is 2. The summed E-state index contributed by atoms with van der Waals surface area (Å²) in [6.45, 7) is 6.70. The smallest absolute Gasteiger partial charge is 0.101 e. The predicted octanol–water partition coefficient (Wildman–Crippen LogP) is -1.47. The second-order valence-electron chi connectivity index (χ2n) is 7.35. The average molecular weight is 343 g/mol. The zero-order valence-electron chi connectivity index (χ0n) is 14.8. The summed E-state index contributed by atoms with van der Waals surface area (Å²) in [6.07, 6.45) is 2.31. The largest absolute Gasteiger partial charge is 1.00 e. The van der Waals surface area contributed by atoms with E-state index in [2.05, 4.69) is 62.4 Å². The second kappa shape index (κ2) is 8.34. The van der Waals surface area contributed by atoms with Gasteiger partial charge in [0.15, 0.2) is 0 Å². The Morgan fingerprint density at radius 2 is 1.87 bits per heavy atom. The third kappa shape index (κ3) is 6.30. The van der Waals surface area contributed by atoms with E-state index in [4.69, 9.17) is 4.74 Å². The Balaban J connectivity index is 0.00000264. The summed E-state index contributed by atoms with van der Waals surface area (Å²) in [5.41, 5.74) is 1.79. The summed E-state index contributed by atoms with van der Waals surface area (Å²) < 4.78 is 5.69. The summed E-state index contributed by atoms with van der Waals surface area (Å²) in [6, 6.07) is 8.66. The lowest BCUT2D eigenvalue weighted by molar-refractivity contribution is -0.672. The van der Waals surface area contributed by atoms with E-state index in [1.807, 2.05) is 0 Å². The minimum absolute atomic E-state index is 0. The molecule has 1 fully saturated rings. The van der Waals surface area contributed by atoms with Crippen LogP contribution < -0.4 is 22.6 Å². The topological polar surface area (TPSA) is 49.3 Å². The molecule has 0 radical (unpaired) electrons. The predicted molar refractivity (Wildman–Crippen MR) is 90.1 cm³/mol. The van der Waals surface area contributed by atoms with Gasteiger partial charge in [-0.1, -0.05) is 12.1 Å². The highest BCUT2D eigenvalue weighted by Gasteiger charge is 2.39. The molecule has 1 aliphatic heterocycles. The maximum atomic E-state index is 10.7. The fourth-order valence-corrected chi connectivity index (χ4v) is 3.23. The van der Waals surface area contributed by atoms with Crippen LogP contribution in [0.5, 0.6) is 0 Å². The number of nitrogens with two attached hydrogens (primary N) is 1. The standard InChI is InChI=1S/C18H30N2O2.ClH/c1-17(2)14-18(21,10-12-22-17)9-11-19-13-15-5-7-16(8-6-15)20(3)4;/h5-8,19,21H,9-14H2,1-4H3;1H. The Labute approximate surface area is 146 Å². The molecule has 1 aliphatic rings. The van der Waals surface area contributed by atoms with Crippen molar-refractivity contribution >= 4 is 5.69 Å². The molecule has 4 nitrogen and oxygen atoms in total. The monoisotopic (exact) mass is 342 g/mol. The van der Waals surface area contributed by atoms with Crippen molar-refractivity contribution in [2.75, 3.05) is 32.1 Å². The summed E-state index contributed by atoms with van der Waals surface area (Å²) in [5.74, 6) is 0. The van der Waals surface area contributed by atoms with Crippen LogP contribution in [0.2, 0.25) is 0 Å². The number of quaternary nitrogens is 1. The lowest BCUT2D eigenvalue weighted by Gasteiger charge is -2.41. The van der Waals surface area contributed by atoms with Gasteiger partial charge in [0.05, 0.1) is 24.4 Å². The molecule has 1 atom stereocenters. The highest BCUT2D eigenvalue weighted by molar-refractivity contribution is 5.45. The highest BCUT2D eigenvalue weighted by Crippen LogP contribution is 2.33. The van der Waals surface area contributed by atoms with Gasteiger partial charge in [-0.05, 0) is 32.4 Å². The lowest BCUT2D eigenvalue weighted by atomic mass is 9.82. The molecule has 23 heavy (non-hydrogen) atoms. The van der Waals surface area contributed by atoms with Crippen LogP contribution in [0.3, 0.4) is 0 Å². The number of aliphatic hydroxyl groups is 1. The minimum Gasteiger partial charge on any atom is -1.00 e. The maximum Gasteiger partial charge on any atom is 0.101 e. The highest BCUT2D eigenvalue weighted by atomic mass is 35.5. The molecular formula is C18H31ClN2O2. The first-order valence-corrected chi connectivity index (χ1v) is 8.24. The minimum atomic E-state index is -0.562. The molecule has 1 aromatic carbocycles. The molecule has 1 saturated heterocycles. The van der Waals surface area contributed by atoms with Gasteiger partial charge >= 0.3 is 0 Å². The Morgan fingerprint density at radius 1 is 1.22 bits per heavy atom. The maximum absolute atomic E-state index is 10.7. The molecular weight excluding hydrogens is 312 g/mol. The van der Waals surface area contributed by atoms with Crippen molar-refractivity contribution in [3.05, 3.63) is 29.8 Å². The number of anilines is 1. The van der Waals surface area contributed by atoms with E-state index in [0.717, 1.165) is 32.4 Å². The van der Waals surface area contributed by atoms with E-state index in [1.54, 1.807) is 0 Å². The van der Waals surface area contributed by atoms with Crippen LogP contribution in [0.4, 0.5) is 5.69 Å². The van der Waals surface area contributed by atoms with Crippen LogP contribution in [0.25, 0.3) is 0 Å². The summed E-state index contributed by atoms with van der Waals surface area (Å²) >= 11 is 0. The molecule has 1 unspecified atom stereocenters. The summed E-state index contributed by atoms with van der Waals surface area (Å²) in [4.78, 5) is 2.11. The SMILES string of the molecule is CN(C)c1ccc(C[NH2+]CCC2(O)CCOC(C)(C)C2)cc1.[Cl-]. The molecule has 1 heterocycles. The Kier molecular flexibility index (Phi) is 7.33. The van der Waals surface area contributed by atoms with Gasteiger partial charge in [-0.2, -0.15) is 0 Å². The lowest BCUT2D eigenvalue weighted by Crippen LogP contribution is -3.00. The van der Waals surface area contributed by atoms with E-state index >= 15 is 0 Å². The van der Waals surface area contributed by atoms with Crippen LogP contribution in [-0.2, 0) is 11.3 Å². The first kappa shape index (κ1) is 20.2. The van der Waals surface area contributed by atoms with Crippen molar-refractivity contribution in [3.8, 4) is 0 Å². The van der Waals surface area contributed by atoms with Gasteiger partial charge in [0, 0.05) is 38.2 Å². The van der Waals surface area contributed by atoms with E-state index in [9.17, 15) is 5.11 Å². The van der Waals surface area contributed by atoms with Gasteiger partial charge in [0.2, 0.25) is 0 Å². The van der Waals surface area contributed by atoms with Crippen LogP contribution in [0, 0.1) is 0 Å². The van der Waals surface area contributed by atoms with E-state index in [-0.39, 0.29) is 18.0 Å². The van der Waals surface area contributed by atoms with Crippen molar-refractivity contribution < 1.29 is 27.6 Å². The third-order valence-electron chi connectivity index (χ3n) is 4.46. The fraction of sp³-hybridized carbons (Fsp3) is 0.667. The molecule has 0 bridgehead atoms. The van der Waals surface area contributed by atoms with Crippen LogP contribution in [0.1, 0.15) is 38.7 Å². The first-order valence-electron chi connectivity index (χ1n) is 8.24. The number of rotatable bonds is 6. The number of halogens is 1. The third-order valence-corrected chi connectivity index (χ3v) is 4.46. The van der Waals surface area contributed by atoms with Crippen molar-refractivity contribution in [1.29, 1.82) is 0 Å². The van der Waals surface area contributed by atoms with E-state index in [0.29, 0.717) is 6.61 Å². The van der Waals surface area contributed by atoms with E-state index in [1.165, 1.54) is 11.3 Å². The van der Waals surface area contributed by atoms with Gasteiger partial charge in [0.1, 0.15) is 6.54 Å². The summed E-state index contributed by atoms with van der Waals surface area (Å²) in [5, 5.41) is 13.0. The molecule has 0 saturated carbocycles. The second-order valence-corrected chi connectivity index (χ2v) is 7.35. The van der Waals surface area contributed by atoms with Gasteiger partial charge in [-0.25, -0.2) is 0 Å². The van der Waals surface area contributed by atoms with Crippen molar-refractivity contribution in [2.24, 2.45) is 0 Å². The molecule has 0 aromatic heterocycles. The number of hydrogen-bond acceptors (Lipinski definition) is 3. The molecule has 5 heteroatoms. The van der Waals surface area contributed by atoms with Crippen LogP contribution in [0.15, 0.2) is 24.3 Å². The van der Waals surface area contributed by atoms with Gasteiger partial charge in [0.25, 0.3) is 0 Å². The van der Waals surface area contributed by atoms with Gasteiger partial charge in [-0.15, -0.1) is 0 Å². The zero-order valence-corrected chi connectivity index (χ0v) is 15.6. The number of nitrogens with zero attached hydrogens (tertiary/aromatic N) is 1. The first-order chi connectivity index (χ1) is 10.3. The zero-order chi connectivity index (χ0) is 16.2. The molecule has 1 aromatic rings. The molecule has 0 aliphatic carbocycles. The quantitative estimate of drug-likeness (QED) is 0.621. The van der Waals surface area contributed by atoms with Crippen LogP contribution in [-0.4, -0.2) is 43.6 Å².